The third-order valence-electron chi connectivity index (χ3n) is 6.79. The Morgan fingerprint density at radius 3 is 1.95 bits per heavy atom. The van der Waals surface area contributed by atoms with Crippen LogP contribution in [-0.4, -0.2) is 18.6 Å². The van der Waals surface area contributed by atoms with Crippen molar-refractivity contribution in [3.8, 4) is 0 Å². The maximum atomic E-state index is 14.4. The highest BCUT2D eigenvalue weighted by atomic mass is 35.5. The summed E-state index contributed by atoms with van der Waals surface area (Å²) in [6.07, 6.45) is -10.2. The normalized spacial score (nSPS) is 17.8. The molecule has 0 aromatic heterocycles. The lowest BCUT2D eigenvalue weighted by Gasteiger charge is -2.41. The molecule has 1 aliphatic carbocycles. The van der Waals surface area contributed by atoms with E-state index in [4.69, 9.17) is 32.7 Å². The summed E-state index contributed by atoms with van der Waals surface area (Å²) in [4.78, 5) is 0. The molecule has 1 unspecified atom stereocenters. The molecule has 0 heterocycles. The number of rotatable bonds is 5. The van der Waals surface area contributed by atoms with Crippen LogP contribution in [0, 0.1) is 13.8 Å². The number of hydrogen-bond donors (Lipinski definition) is 0. The Hall–Kier alpha value is -3.10. The lowest BCUT2D eigenvalue weighted by Crippen LogP contribution is -2.35. The van der Waals surface area contributed by atoms with E-state index >= 15 is 0 Å². The van der Waals surface area contributed by atoms with E-state index in [1.54, 1.807) is 36.4 Å². The molecule has 4 rings (SSSR count). The standard InChI is InChI=1S/C30H24Cl2F6O2/c1-16-10-12-20(17(2)14-16)23-26(39-3)24(18-8-6-5-7-9-18)28(31,32)25(27(23)40-4)21-13-11-19(29(33,34)35)15-22(21)30(36,37)38/h5-15,25H,1-4H3. The monoisotopic (exact) mass is 600 g/mol. The van der Waals surface area contributed by atoms with Crippen molar-refractivity contribution >= 4 is 34.3 Å². The van der Waals surface area contributed by atoms with Gasteiger partial charge in [-0.3, -0.25) is 0 Å². The highest BCUT2D eigenvalue weighted by Crippen LogP contribution is 2.60. The van der Waals surface area contributed by atoms with Crippen LogP contribution in [0.15, 0.2) is 78.2 Å². The molecule has 212 valence electrons. The molecule has 0 spiro atoms. The number of halogens is 8. The molecule has 40 heavy (non-hydrogen) atoms. The van der Waals surface area contributed by atoms with Crippen molar-refractivity contribution in [3.63, 3.8) is 0 Å². The zero-order valence-electron chi connectivity index (χ0n) is 21.8. The zero-order chi connectivity index (χ0) is 29.6. The van der Waals surface area contributed by atoms with E-state index in [9.17, 15) is 26.3 Å². The molecule has 0 saturated heterocycles. The Labute approximate surface area is 237 Å². The second kappa shape index (κ2) is 10.7. The minimum Gasteiger partial charge on any atom is -0.500 e. The maximum absolute atomic E-state index is 14.4. The summed E-state index contributed by atoms with van der Waals surface area (Å²) in [5, 5.41) is 0. The summed E-state index contributed by atoms with van der Waals surface area (Å²) in [7, 11) is 2.62. The molecule has 0 amide bonds. The first-order valence-corrected chi connectivity index (χ1v) is 12.7. The zero-order valence-corrected chi connectivity index (χ0v) is 23.3. The van der Waals surface area contributed by atoms with Gasteiger partial charge in [-0.2, -0.15) is 26.3 Å². The third-order valence-corrected chi connectivity index (χ3v) is 7.61. The molecule has 3 aromatic carbocycles. The van der Waals surface area contributed by atoms with Crippen LogP contribution in [0.25, 0.3) is 11.1 Å². The first kappa shape index (κ1) is 29.9. The lowest BCUT2D eigenvalue weighted by molar-refractivity contribution is -0.143. The summed E-state index contributed by atoms with van der Waals surface area (Å²) in [5.41, 5.74) is -0.411. The molecule has 1 atom stereocenters. The summed E-state index contributed by atoms with van der Waals surface area (Å²) < 4.78 is 93.1. The van der Waals surface area contributed by atoms with E-state index in [2.05, 4.69) is 0 Å². The van der Waals surface area contributed by atoms with E-state index < -0.39 is 39.3 Å². The molecular weight excluding hydrogens is 577 g/mol. The molecule has 10 heteroatoms. The number of methoxy groups -OCH3 is 2. The fourth-order valence-corrected chi connectivity index (χ4v) is 5.93. The second-order valence-corrected chi connectivity index (χ2v) is 10.8. The molecule has 2 nitrogen and oxygen atoms in total. The Balaban J connectivity index is 2.18. The van der Waals surface area contributed by atoms with E-state index in [-0.39, 0.29) is 28.7 Å². The topological polar surface area (TPSA) is 18.5 Å². The molecule has 0 N–H and O–H groups in total. The highest BCUT2D eigenvalue weighted by Gasteiger charge is 2.53. The number of hydrogen-bond acceptors (Lipinski definition) is 2. The molecular formula is C30H24Cl2F6O2. The van der Waals surface area contributed by atoms with Crippen molar-refractivity contribution in [1.82, 2.24) is 0 Å². The minimum atomic E-state index is -5.17. The van der Waals surface area contributed by atoms with Gasteiger partial charge in [0.2, 0.25) is 0 Å². The van der Waals surface area contributed by atoms with Gasteiger partial charge in [0.05, 0.1) is 36.8 Å². The van der Waals surface area contributed by atoms with Gasteiger partial charge in [-0.15, -0.1) is 0 Å². The Kier molecular flexibility index (Phi) is 8.00. The summed E-state index contributed by atoms with van der Waals surface area (Å²) >= 11 is 14.0. The average molecular weight is 601 g/mol. The Bertz CT molecular complexity index is 1490. The van der Waals surface area contributed by atoms with Crippen LogP contribution < -0.4 is 0 Å². The predicted octanol–water partition coefficient (Wildman–Crippen LogP) is 9.73. The smallest absolute Gasteiger partial charge is 0.416 e. The summed E-state index contributed by atoms with van der Waals surface area (Å²) in [6.45, 7) is 3.70. The molecule has 0 fully saturated rings. The van der Waals surface area contributed by atoms with Crippen LogP contribution in [-0.2, 0) is 21.8 Å². The third kappa shape index (κ3) is 5.31. The van der Waals surface area contributed by atoms with Crippen LogP contribution in [0.3, 0.4) is 0 Å². The first-order valence-electron chi connectivity index (χ1n) is 12.0. The minimum absolute atomic E-state index is 0.0705. The van der Waals surface area contributed by atoms with Gasteiger partial charge in [-0.05, 0) is 48.2 Å². The number of alkyl halides is 8. The molecule has 0 radical (unpaired) electrons. The van der Waals surface area contributed by atoms with Crippen molar-refractivity contribution in [2.75, 3.05) is 14.2 Å². The predicted molar refractivity (Wildman–Crippen MR) is 144 cm³/mol. The van der Waals surface area contributed by atoms with Crippen LogP contribution in [0.1, 0.15) is 44.9 Å². The second-order valence-electron chi connectivity index (χ2n) is 9.39. The molecule has 1 aliphatic rings. The number of ether oxygens (including phenoxy) is 2. The van der Waals surface area contributed by atoms with Gasteiger partial charge in [-0.25, -0.2) is 0 Å². The van der Waals surface area contributed by atoms with Gasteiger partial charge >= 0.3 is 12.4 Å². The number of aryl methyl sites for hydroxylation is 2. The van der Waals surface area contributed by atoms with Gasteiger partial charge in [0, 0.05) is 5.57 Å². The van der Waals surface area contributed by atoms with Gasteiger partial charge in [-0.1, -0.05) is 83.4 Å². The number of allylic oxidation sites excluding steroid dienone is 3. The van der Waals surface area contributed by atoms with Gasteiger partial charge in [0.25, 0.3) is 0 Å². The van der Waals surface area contributed by atoms with Crippen LogP contribution in [0.4, 0.5) is 26.3 Å². The fraction of sp³-hybridized carbons (Fsp3) is 0.267. The van der Waals surface area contributed by atoms with Crippen LogP contribution in [0.5, 0.6) is 0 Å². The highest BCUT2D eigenvalue weighted by molar-refractivity contribution is 6.55. The van der Waals surface area contributed by atoms with Crippen LogP contribution in [0.2, 0.25) is 0 Å². The lowest BCUT2D eigenvalue weighted by atomic mass is 9.75. The SMILES string of the molecule is COC1=C(c2ccccc2)C(Cl)(Cl)C(c2ccc(C(F)(F)F)cc2C(F)(F)F)C(OC)=C1c1ccc(C)cc1C. The van der Waals surface area contributed by atoms with Crippen molar-refractivity contribution in [3.05, 3.63) is 117 Å². The number of benzene rings is 3. The fourth-order valence-electron chi connectivity index (χ4n) is 5.11. The van der Waals surface area contributed by atoms with Crippen LogP contribution >= 0.6 is 23.2 Å². The first-order chi connectivity index (χ1) is 18.6. The Morgan fingerprint density at radius 1 is 0.775 bits per heavy atom. The van der Waals surface area contributed by atoms with Crippen molar-refractivity contribution in [1.29, 1.82) is 0 Å². The summed E-state index contributed by atoms with van der Waals surface area (Å²) in [5.74, 6) is -1.50. The van der Waals surface area contributed by atoms with E-state index in [1.807, 2.05) is 26.0 Å². The molecule has 0 bridgehead atoms. The van der Waals surface area contributed by atoms with Gasteiger partial charge in [0.1, 0.15) is 11.5 Å². The van der Waals surface area contributed by atoms with E-state index in [1.165, 1.54) is 14.2 Å². The van der Waals surface area contributed by atoms with E-state index in [0.29, 0.717) is 17.2 Å². The van der Waals surface area contributed by atoms with Crippen molar-refractivity contribution < 1.29 is 35.8 Å². The average Bonchev–Trinajstić information content (AvgIpc) is 2.87. The van der Waals surface area contributed by atoms with E-state index in [0.717, 1.165) is 17.2 Å². The largest absolute Gasteiger partial charge is 0.500 e. The van der Waals surface area contributed by atoms with Gasteiger partial charge < -0.3 is 9.47 Å². The van der Waals surface area contributed by atoms with Crippen molar-refractivity contribution in [2.45, 2.75) is 36.5 Å². The molecule has 0 saturated carbocycles. The summed E-state index contributed by atoms with van der Waals surface area (Å²) in [6, 6.07) is 15.3. The van der Waals surface area contributed by atoms with Crippen molar-refractivity contribution in [2.24, 2.45) is 0 Å². The maximum Gasteiger partial charge on any atom is 0.416 e. The molecule has 3 aromatic rings. The molecule has 0 aliphatic heterocycles. The quantitative estimate of drug-likeness (QED) is 0.214. The van der Waals surface area contributed by atoms with Gasteiger partial charge in [0.15, 0.2) is 4.33 Å². The Morgan fingerprint density at radius 2 is 1.43 bits per heavy atom.